The maximum Gasteiger partial charge on any atom is 0.343 e. The number of urea groups is 1. The molecule has 0 unspecified atom stereocenters. The molecule has 2 rings (SSSR count). The van der Waals surface area contributed by atoms with E-state index in [1.807, 2.05) is 0 Å². The summed E-state index contributed by atoms with van der Waals surface area (Å²) in [5, 5.41) is 3.37. The Morgan fingerprint density at radius 2 is 2.24 bits per heavy atom. The van der Waals surface area contributed by atoms with Gasteiger partial charge in [0.25, 0.3) is 0 Å². The fourth-order valence-electron chi connectivity index (χ4n) is 2.22. The van der Waals surface area contributed by atoms with Crippen LogP contribution in [0.15, 0.2) is 17.6 Å². The Balaban J connectivity index is 1.90. The highest BCUT2D eigenvalue weighted by Crippen LogP contribution is 2.26. The average molecular weight is 237 g/mol. The van der Waals surface area contributed by atoms with Crippen molar-refractivity contribution in [1.82, 2.24) is 10.2 Å². The molecule has 0 aromatic carbocycles. The molecule has 5 heteroatoms. The number of amides is 2. The van der Waals surface area contributed by atoms with Gasteiger partial charge in [-0.3, -0.25) is 5.32 Å². The average Bonchev–Trinajstić information content (AvgIpc) is 2.78. The zero-order chi connectivity index (χ0) is 12.3. The lowest BCUT2D eigenvalue weighted by Crippen LogP contribution is -2.51. The minimum Gasteiger partial charge on any atom is -0.359 e. The van der Waals surface area contributed by atoms with Crippen LogP contribution >= 0.6 is 0 Å². The number of piperidine rings is 1. The molecule has 0 bridgehead atoms. The van der Waals surface area contributed by atoms with E-state index in [2.05, 4.69) is 16.9 Å². The van der Waals surface area contributed by atoms with Crippen LogP contribution in [0.5, 0.6) is 0 Å². The molecular formula is C12H19N3O2. The van der Waals surface area contributed by atoms with Gasteiger partial charge in [-0.25, -0.2) is 4.79 Å². The van der Waals surface area contributed by atoms with Crippen molar-refractivity contribution >= 4 is 11.7 Å². The number of nitrogens with zero attached hydrogens (tertiary/aromatic N) is 2. The number of rotatable bonds is 1. The molecule has 0 aliphatic carbocycles. The second-order valence-electron chi connectivity index (χ2n) is 4.50. The Labute approximate surface area is 102 Å². The molecule has 94 valence electrons. The largest absolute Gasteiger partial charge is 0.359 e. The van der Waals surface area contributed by atoms with Crippen LogP contribution in [-0.4, -0.2) is 48.6 Å². The molecule has 2 saturated heterocycles. The SMILES string of the molecule is C=CC(C)=NC(=O)N1CCC2(CC1)NCCO2. The van der Waals surface area contributed by atoms with Gasteiger partial charge in [-0.15, -0.1) is 0 Å². The molecule has 0 atom stereocenters. The Morgan fingerprint density at radius 1 is 1.53 bits per heavy atom. The van der Waals surface area contributed by atoms with Crippen LogP contribution in [-0.2, 0) is 4.74 Å². The number of carbonyl (C=O) groups is 1. The number of hydrogen-bond donors (Lipinski definition) is 1. The maximum atomic E-state index is 11.8. The van der Waals surface area contributed by atoms with Crippen LogP contribution in [0.2, 0.25) is 0 Å². The van der Waals surface area contributed by atoms with E-state index in [0.717, 1.165) is 26.0 Å². The Morgan fingerprint density at radius 3 is 2.76 bits per heavy atom. The predicted molar refractivity (Wildman–Crippen MR) is 66.2 cm³/mol. The zero-order valence-corrected chi connectivity index (χ0v) is 10.2. The topological polar surface area (TPSA) is 53.9 Å². The van der Waals surface area contributed by atoms with Crippen molar-refractivity contribution < 1.29 is 9.53 Å². The first-order valence-corrected chi connectivity index (χ1v) is 6.01. The number of hydrogen-bond acceptors (Lipinski definition) is 3. The van der Waals surface area contributed by atoms with E-state index in [1.54, 1.807) is 17.9 Å². The normalized spacial score (nSPS) is 24.1. The molecule has 0 aromatic heterocycles. The summed E-state index contributed by atoms with van der Waals surface area (Å²) < 4.78 is 5.71. The van der Waals surface area contributed by atoms with Crippen molar-refractivity contribution in [3.8, 4) is 0 Å². The fraction of sp³-hybridized carbons (Fsp3) is 0.667. The standard InChI is InChI=1S/C12H19N3O2/c1-3-10(2)14-11(16)15-7-4-12(5-8-15)13-6-9-17-12/h3,13H,1,4-9H2,2H3. The Bertz CT molecular complexity index is 336. The quantitative estimate of drug-likeness (QED) is 0.696. The van der Waals surface area contributed by atoms with Gasteiger partial charge in [0.05, 0.1) is 6.61 Å². The smallest absolute Gasteiger partial charge is 0.343 e. The van der Waals surface area contributed by atoms with Crippen LogP contribution in [0.3, 0.4) is 0 Å². The van der Waals surface area contributed by atoms with E-state index in [9.17, 15) is 4.79 Å². The summed E-state index contributed by atoms with van der Waals surface area (Å²) >= 11 is 0. The van der Waals surface area contributed by atoms with Crippen molar-refractivity contribution in [2.24, 2.45) is 4.99 Å². The summed E-state index contributed by atoms with van der Waals surface area (Å²) in [7, 11) is 0. The van der Waals surface area contributed by atoms with Gasteiger partial charge in [0.15, 0.2) is 0 Å². The maximum absolute atomic E-state index is 11.8. The van der Waals surface area contributed by atoms with E-state index in [1.165, 1.54) is 0 Å². The monoisotopic (exact) mass is 237 g/mol. The van der Waals surface area contributed by atoms with Gasteiger partial charge in [-0.2, -0.15) is 4.99 Å². The number of likely N-dealkylation sites (tertiary alicyclic amines) is 1. The molecule has 0 radical (unpaired) electrons. The van der Waals surface area contributed by atoms with Crippen molar-refractivity contribution in [2.75, 3.05) is 26.2 Å². The number of nitrogens with one attached hydrogen (secondary N) is 1. The molecule has 17 heavy (non-hydrogen) atoms. The van der Waals surface area contributed by atoms with Crippen LogP contribution in [0, 0.1) is 0 Å². The van der Waals surface area contributed by atoms with Crippen LogP contribution in [0.25, 0.3) is 0 Å². The molecule has 5 nitrogen and oxygen atoms in total. The summed E-state index contributed by atoms with van der Waals surface area (Å²) in [6.45, 7) is 8.42. The Hall–Kier alpha value is -1.20. The van der Waals surface area contributed by atoms with Crippen LogP contribution < -0.4 is 5.32 Å². The van der Waals surface area contributed by atoms with Gasteiger partial charge in [0.2, 0.25) is 0 Å². The first-order valence-electron chi connectivity index (χ1n) is 6.01. The van der Waals surface area contributed by atoms with Crippen molar-refractivity contribution in [1.29, 1.82) is 0 Å². The summed E-state index contributed by atoms with van der Waals surface area (Å²) in [6.07, 6.45) is 3.26. The molecule has 0 saturated carbocycles. The van der Waals surface area contributed by atoms with Gasteiger partial charge in [-0.05, 0) is 13.0 Å². The van der Waals surface area contributed by atoms with Crippen molar-refractivity contribution in [2.45, 2.75) is 25.5 Å². The zero-order valence-electron chi connectivity index (χ0n) is 10.2. The summed E-state index contributed by atoms with van der Waals surface area (Å²) in [5.74, 6) is 0. The van der Waals surface area contributed by atoms with Crippen LogP contribution in [0.4, 0.5) is 4.79 Å². The van der Waals surface area contributed by atoms with Gasteiger partial charge in [0.1, 0.15) is 5.72 Å². The molecule has 2 heterocycles. The highest BCUT2D eigenvalue weighted by Gasteiger charge is 2.39. The third-order valence-electron chi connectivity index (χ3n) is 3.34. The molecule has 2 fully saturated rings. The highest BCUT2D eigenvalue weighted by atomic mass is 16.5. The third-order valence-corrected chi connectivity index (χ3v) is 3.34. The molecule has 2 aliphatic rings. The molecule has 2 aliphatic heterocycles. The molecular weight excluding hydrogens is 218 g/mol. The molecule has 1 spiro atoms. The van der Waals surface area contributed by atoms with E-state index in [0.29, 0.717) is 18.8 Å². The van der Waals surface area contributed by atoms with Gasteiger partial charge < -0.3 is 9.64 Å². The van der Waals surface area contributed by atoms with Crippen LogP contribution in [0.1, 0.15) is 19.8 Å². The van der Waals surface area contributed by atoms with Crippen molar-refractivity contribution in [3.05, 3.63) is 12.7 Å². The lowest BCUT2D eigenvalue weighted by Gasteiger charge is -2.37. The number of aliphatic imine (C=N–C) groups is 1. The van der Waals surface area contributed by atoms with E-state index in [4.69, 9.17) is 4.74 Å². The molecule has 1 N–H and O–H groups in total. The first kappa shape index (κ1) is 12.3. The summed E-state index contributed by atoms with van der Waals surface area (Å²) in [5.41, 5.74) is 0.471. The van der Waals surface area contributed by atoms with Gasteiger partial charge in [0, 0.05) is 38.2 Å². The van der Waals surface area contributed by atoms with Crippen molar-refractivity contribution in [3.63, 3.8) is 0 Å². The van der Waals surface area contributed by atoms with E-state index < -0.39 is 0 Å². The highest BCUT2D eigenvalue weighted by molar-refractivity contribution is 6.00. The second kappa shape index (κ2) is 4.98. The second-order valence-corrected chi connectivity index (χ2v) is 4.50. The van der Waals surface area contributed by atoms with E-state index in [-0.39, 0.29) is 11.8 Å². The predicted octanol–water partition coefficient (Wildman–Crippen LogP) is 1.17. The van der Waals surface area contributed by atoms with E-state index >= 15 is 0 Å². The summed E-state index contributed by atoms with van der Waals surface area (Å²) in [4.78, 5) is 17.5. The number of ether oxygens (including phenoxy) is 1. The minimum atomic E-state index is -0.187. The van der Waals surface area contributed by atoms with Gasteiger partial charge >= 0.3 is 6.03 Å². The Kier molecular flexibility index (Phi) is 3.59. The summed E-state index contributed by atoms with van der Waals surface area (Å²) in [6, 6.07) is -0.171. The number of allylic oxidation sites excluding steroid dienone is 1. The molecule has 2 amide bonds. The lowest BCUT2D eigenvalue weighted by molar-refractivity contribution is -0.0489. The third kappa shape index (κ3) is 2.73. The lowest BCUT2D eigenvalue weighted by atomic mass is 10.0. The number of carbonyl (C=O) groups excluding carboxylic acids is 1. The van der Waals surface area contributed by atoms with Gasteiger partial charge in [-0.1, -0.05) is 6.58 Å². The first-order chi connectivity index (χ1) is 8.15. The molecule has 0 aromatic rings. The fourth-order valence-corrected chi connectivity index (χ4v) is 2.22. The minimum absolute atomic E-state index is 0.171.